The van der Waals surface area contributed by atoms with Crippen LogP contribution in [0.25, 0.3) is 0 Å². The summed E-state index contributed by atoms with van der Waals surface area (Å²) >= 11 is 0. The minimum absolute atomic E-state index is 0.177. The molecule has 0 fully saturated rings. The van der Waals surface area contributed by atoms with Crippen molar-refractivity contribution in [3.63, 3.8) is 0 Å². The Balaban J connectivity index is 2.22. The molecular weight excluding hydrogens is 306 g/mol. The quantitative estimate of drug-likeness (QED) is 0.788. The average Bonchev–Trinajstić information content (AvgIpc) is 2.62. The molecule has 0 radical (unpaired) electrons. The van der Waals surface area contributed by atoms with Gasteiger partial charge >= 0.3 is 5.97 Å². The maximum absolute atomic E-state index is 11.0. The smallest absolute Gasteiger partial charge is 0.335 e. The Hall–Kier alpha value is -3.15. The molecule has 2 rings (SSSR count). The van der Waals surface area contributed by atoms with Crippen LogP contribution in [0.2, 0.25) is 0 Å². The summed E-state index contributed by atoms with van der Waals surface area (Å²) in [6.07, 6.45) is 5.63. The van der Waals surface area contributed by atoms with Gasteiger partial charge in [-0.2, -0.15) is 0 Å². The highest BCUT2D eigenvalue weighted by Crippen LogP contribution is 2.13. The van der Waals surface area contributed by atoms with Crippen LogP contribution in [0.3, 0.4) is 0 Å². The zero-order valence-electron chi connectivity index (χ0n) is 13.6. The monoisotopic (exact) mass is 325 g/mol. The van der Waals surface area contributed by atoms with E-state index in [0.29, 0.717) is 17.2 Å². The van der Waals surface area contributed by atoms with E-state index >= 15 is 0 Å². The Morgan fingerprint density at radius 1 is 1.38 bits per heavy atom. The van der Waals surface area contributed by atoms with Crippen molar-refractivity contribution in [1.29, 1.82) is 0 Å². The van der Waals surface area contributed by atoms with Crippen molar-refractivity contribution in [1.82, 2.24) is 5.32 Å². The third-order valence-corrected chi connectivity index (χ3v) is 3.39. The average molecular weight is 325 g/mol. The fourth-order valence-corrected chi connectivity index (χ4v) is 2.00. The van der Waals surface area contributed by atoms with Crippen LogP contribution in [-0.4, -0.2) is 36.3 Å². The molecule has 0 unspecified atom stereocenters. The van der Waals surface area contributed by atoms with Gasteiger partial charge in [-0.05, 0) is 36.8 Å². The largest absolute Gasteiger partial charge is 0.478 e. The topological polar surface area (TPSA) is 83.3 Å². The predicted octanol–water partition coefficient (Wildman–Crippen LogP) is 2.75. The summed E-state index contributed by atoms with van der Waals surface area (Å²) < 4.78 is 5.64. The number of ether oxygens (including phenoxy) is 1. The van der Waals surface area contributed by atoms with E-state index in [1.54, 1.807) is 19.2 Å². The Morgan fingerprint density at radius 3 is 2.75 bits per heavy atom. The molecule has 0 spiro atoms. The summed E-state index contributed by atoms with van der Waals surface area (Å²) in [5, 5.41) is 20.3. The van der Waals surface area contributed by atoms with Crippen molar-refractivity contribution >= 4 is 17.6 Å². The van der Waals surface area contributed by atoms with E-state index in [1.165, 1.54) is 12.1 Å². The fraction of sp³-hybridized carbons (Fsp3) is 0.167. The SMILES string of the molecule is C=C(/C=C\C(=C/C)C1=NN=C(c2cccc(C(=O)O)c2)OC1)NC. The molecule has 124 valence electrons. The van der Waals surface area contributed by atoms with E-state index in [2.05, 4.69) is 22.1 Å². The highest BCUT2D eigenvalue weighted by molar-refractivity contribution is 6.07. The lowest BCUT2D eigenvalue weighted by Gasteiger charge is -2.15. The normalized spacial score (nSPS) is 14.7. The number of carbonyl (C=O) groups is 1. The molecule has 0 aliphatic carbocycles. The van der Waals surface area contributed by atoms with Crippen LogP contribution in [0.1, 0.15) is 22.8 Å². The Kier molecular flexibility index (Phi) is 5.68. The van der Waals surface area contributed by atoms with Crippen molar-refractivity contribution in [3.8, 4) is 0 Å². The molecule has 0 amide bonds. The molecule has 1 aromatic carbocycles. The number of allylic oxidation sites excluding steroid dienone is 3. The van der Waals surface area contributed by atoms with Gasteiger partial charge < -0.3 is 15.2 Å². The second-order valence-electron chi connectivity index (χ2n) is 4.98. The molecule has 24 heavy (non-hydrogen) atoms. The third-order valence-electron chi connectivity index (χ3n) is 3.39. The van der Waals surface area contributed by atoms with Gasteiger partial charge in [0.05, 0.1) is 5.56 Å². The maximum Gasteiger partial charge on any atom is 0.335 e. The molecule has 6 nitrogen and oxygen atoms in total. The fourth-order valence-electron chi connectivity index (χ4n) is 2.00. The lowest BCUT2D eigenvalue weighted by Crippen LogP contribution is -2.20. The van der Waals surface area contributed by atoms with Crippen molar-refractivity contribution in [2.24, 2.45) is 10.2 Å². The van der Waals surface area contributed by atoms with Gasteiger partial charge in [0.15, 0.2) is 0 Å². The van der Waals surface area contributed by atoms with Crippen LogP contribution in [-0.2, 0) is 4.74 Å². The molecule has 0 atom stereocenters. The Labute approximate surface area is 140 Å². The number of likely N-dealkylation sites (N-methyl/N-ethyl adjacent to an activating group) is 1. The van der Waals surface area contributed by atoms with Crippen LogP contribution in [0, 0.1) is 0 Å². The number of aromatic carboxylic acids is 1. The minimum Gasteiger partial charge on any atom is -0.478 e. The maximum atomic E-state index is 11.0. The number of nitrogens with zero attached hydrogens (tertiary/aromatic N) is 2. The van der Waals surface area contributed by atoms with Gasteiger partial charge in [-0.15, -0.1) is 10.2 Å². The van der Waals surface area contributed by atoms with Crippen LogP contribution in [0.15, 0.2) is 70.5 Å². The van der Waals surface area contributed by atoms with Crippen LogP contribution < -0.4 is 5.32 Å². The van der Waals surface area contributed by atoms with Gasteiger partial charge in [0.25, 0.3) is 0 Å². The number of hydrogen-bond donors (Lipinski definition) is 2. The Bertz CT molecular complexity index is 773. The molecule has 2 N–H and O–H groups in total. The van der Waals surface area contributed by atoms with E-state index in [4.69, 9.17) is 9.84 Å². The number of hydrogen-bond acceptors (Lipinski definition) is 5. The van der Waals surface area contributed by atoms with Gasteiger partial charge in [0.2, 0.25) is 5.90 Å². The summed E-state index contributed by atoms with van der Waals surface area (Å²) in [7, 11) is 1.80. The summed E-state index contributed by atoms with van der Waals surface area (Å²) in [5.41, 5.74) is 3.11. The number of carboxylic acid groups (broad SMARTS) is 1. The summed E-state index contributed by atoms with van der Waals surface area (Å²) in [6, 6.07) is 6.41. The van der Waals surface area contributed by atoms with Gasteiger partial charge in [0.1, 0.15) is 12.3 Å². The first-order chi connectivity index (χ1) is 11.5. The molecule has 6 heteroatoms. The number of benzene rings is 1. The van der Waals surface area contributed by atoms with Crippen molar-refractivity contribution in [2.75, 3.05) is 13.7 Å². The lowest BCUT2D eigenvalue weighted by atomic mass is 10.1. The number of rotatable bonds is 6. The third kappa shape index (κ3) is 4.19. The molecule has 0 bridgehead atoms. The van der Waals surface area contributed by atoms with E-state index in [-0.39, 0.29) is 12.2 Å². The molecule has 1 aromatic rings. The standard InChI is InChI=1S/C18H19N3O3/c1-4-13(9-8-12(2)19-3)16-11-24-17(21-20-16)14-6-5-7-15(10-14)18(22)23/h4-10,19H,2,11H2,1,3H3,(H,22,23)/b9-8-,13-4+. The molecule has 1 aliphatic heterocycles. The number of carboxylic acids is 1. The van der Waals surface area contributed by atoms with E-state index < -0.39 is 5.97 Å². The summed E-state index contributed by atoms with van der Waals surface area (Å²) in [5.74, 6) is -0.690. The highest BCUT2D eigenvalue weighted by atomic mass is 16.5. The van der Waals surface area contributed by atoms with Crippen molar-refractivity contribution < 1.29 is 14.6 Å². The minimum atomic E-state index is -0.997. The summed E-state index contributed by atoms with van der Waals surface area (Å²) in [6.45, 7) is 5.99. The van der Waals surface area contributed by atoms with Crippen molar-refractivity contribution in [3.05, 3.63) is 71.5 Å². The first-order valence-electron chi connectivity index (χ1n) is 7.37. The second-order valence-corrected chi connectivity index (χ2v) is 4.98. The predicted molar refractivity (Wildman–Crippen MR) is 94.4 cm³/mol. The molecule has 1 aliphatic rings. The highest BCUT2D eigenvalue weighted by Gasteiger charge is 2.15. The molecule has 1 heterocycles. The molecule has 0 saturated carbocycles. The van der Waals surface area contributed by atoms with Crippen LogP contribution in [0.4, 0.5) is 0 Å². The van der Waals surface area contributed by atoms with Gasteiger partial charge in [-0.1, -0.05) is 24.8 Å². The number of nitrogens with one attached hydrogen (secondary N) is 1. The zero-order valence-corrected chi connectivity index (χ0v) is 13.6. The van der Waals surface area contributed by atoms with Gasteiger partial charge in [-0.25, -0.2) is 4.79 Å². The van der Waals surface area contributed by atoms with E-state index in [1.807, 2.05) is 25.2 Å². The van der Waals surface area contributed by atoms with E-state index in [0.717, 1.165) is 11.3 Å². The Morgan fingerprint density at radius 2 is 2.17 bits per heavy atom. The van der Waals surface area contributed by atoms with Crippen LogP contribution >= 0.6 is 0 Å². The second kappa shape index (κ2) is 7.92. The lowest BCUT2D eigenvalue weighted by molar-refractivity contribution is 0.0697. The molecular formula is C18H19N3O3. The van der Waals surface area contributed by atoms with E-state index in [9.17, 15) is 4.79 Å². The van der Waals surface area contributed by atoms with Gasteiger partial charge in [-0.3, -0.25) is 0 Å². The molecule has 0 aromatic heterocycles. The first-order valence-corrected chi connectivity index (χ1v) is 7.37. The van der Waals surface area contributed by atoms with Gasteiger partial charge in [0, 0.05) is 18.3 Å². The van der Waals surface area contributed by atoms with Crippen LogP contribution in [0.5, 0.6) is 0 Å². The van der Waals surface area contributed by atoms with Crippen molar-refractivity contribution in [2.45, 2.75) is 6.92 Å². The zero-order chi connectivity index (χ0) is 17.5. The first kappa shape index (κ1) is 17.2. The summed E-state index contributed by atoms with van der Waals surface area (Å²) in [4.78, 5) is 11.0. The molecule has 0 saturated heterocycles.